The van der Waals surface area contributed by atoms with Gasteiger partial charge < -0.3 is 28.6 Å². The molecule has 3 rings (SSSR count). The van der Waals surface area contributed by atoms with Gasteiger partial charge in [0.05, 0.1) is 12.6 Å². The fraction of sp³-hybridized carbons (Fsp3) is 0.567. The van der Waals surface area contributed by atoms with Crippen LogP contribution >= 0.6 is 0 Å². The van der Waals surface area contributed by atoms with Crippen LogP contribution in [-0.4, -0.2) is 61.9 Å². The summed E-state index contributed by atoms with van der Waals surface area (Å²) in [7, 11) is -2.15. The average Bonchev–Trinajstić information content (AvgIpc) is 2.83. The molecule has 1 aliphatic rings. The van der Waals surface area contributed by atoms with Gasteiger partial charge in [-0.2, -0.15) is 0 Å². The first-order valence-corrected chi connectivity index (χ1v) is 16.3. The minimum absolute atomic E-state index is 0.0104. The van der Waals surface area contributed by atoms with Crippen molar-refractivity contribution in [2.75, 3.05) is 19.8 Å². The van der Waals surface area contributed by atoms with Gasteiger partial charge in [0, 0.05) is 5.54 Å². The van der Waals surface area contributed by atoms with Crippen molar-refractivity contribution in [3.63, 3.8) is 0 Å². The van der Waals surface area contributed by atoms with Crippen molar-refractivity contribution in [1.29, 1.82) is 0 Å². The molecular weight excluding hydrogens is 498 g/mol. The van der Waals surface area contributed by atoms with Crippen molar-refractivity contribution in [1.82, 2.24) is 4.90 Å². The molecule has 0 unspecified atom stereocenters. The highest BCUT2D eigenvalue weighted by atomic mass is 28.4. The lowest BCUT2D eigenvalue weighted by atomic mass is 10.0. The molecule has 0 bridgehead atoms. The van der Waals surface area contributed by atoms with E-state index in [9.17, 15) is 9.90 Å². The van der Waals surface area contributed by atoms with E-state index in [-0.39, 0.29) is 29.6 Å². The van der Waals surface area contributed by atoms with Gasteiger partial charge in [-0.3, -0.25) is 0 Å². The van der Waals surface area contributed by atoms with Crippen LogP contribution in [0.4, 0.5) is 4.79 Å². The minimum Gasteiger partial charge on any atom is -0.508 e. The number of rotatable bonds is 9. The van der Waals surface area contributed by atoms with Gasteiger partial charge in [0.2, 0.25) is 0 Å². The van der Waals surface area contributed by atoms with Crippen LogP contribution in [0, 0.1) is 0 Å². The zero-order valence-corrected chi connectivity index (χ0v) is 25.2. The summed E-state index contributed by atoms with van der Waals surface area (Å²) in [6, 6.07) is 14.7. The van der Waals surface area contributed by atoms with Crippen LogP contribution in [-0.2, 0) is 15.6 Å². The average molecular weight is 544 g/mol. The molecule has 8 heteroatoms. The summed E-state index contributed by atoms with van der Waals surface area (Å²) in [6.07, 6.45) is 0.503. The molecule has 1 aliphatic heterocycles. The quantitative estimate of drug-likeness (QED) is 0.351. The number of nitrogens with zero attached hydrogens (tertiary/aromatic N) is 1. The second-order valence-electron chi connectivity index (χ2n) is 12.6. The molecule has 0 fully saturated rings. The van der Waals surface area contributed by atoms with E-state index in [0.717, 1.165) is 23.5 Å². The van der Waals surface area contributed by atoms with E-state index in [4.69, 9.17) is 18.6 Å². The monoisotopic (exact) mass is 543 g/mol. The van der Waals surface area contributed by atoms with E-state index in [1.165, 1.54) is 0 Å². The van der Waals surface area contributed by atoms with E-state index in [1.807, 2.05) is 51.1 Å². The van der Waals surface area contributed by atoms with E-state index < -0.39 is 19.9 Å². The van der Waals surface area contributed by atoms with Crippen LogP contribution in [0.3, 0.4) is 0 Å². The van der Waals surface area contributed by atoms with Crippen LogP contribution in [0.5, 0.6) is 17.2 Å². The van der Waals surface area contributed by atoms with Crippen LogP contribution in [0.1, 0.15) is 53.5 Å². The maximum Gasteiger partial charge on any atom is 0.410 e. The molecule has 1 heterocycles. The number of aromatic hydroxyl groups is 1. The van der Waals surface area contributed by atoms with Gasteiger partial charge >= 0.3 is 6.09 Å². The third kappa shape index (κ3) is 8.14. The molecule has 38 heavy (non-hydrogen) atoms. The van der Waals surface area contributed by atoms with E-state index in [1.54, 1.807) is 23.1 Å². The number of phenols is 1. The lowest BCUT2D eigenvalue weighted by Crippen LogP contribution is -2.54. The van der Waals surface area contributed by atoms with Crippen molar-refractivity contribution in [2.24, 2.45) is 0 Å². The number of ether oxygens (including phenoxy) is 3. The highest BCUT2D eigenvalue weighted by Gasteiger charge is 2.41. The number of amides is 1. The fourth-order valence-electron chi connectivity index (χ4n) is 4.04. The van der Waals surface area contributed by atoms with Crippen molar-refractivity contribution < 1.29 is 28.5 Å². The van der Waals surface area contributed by atoms with Gasteiger partial charge in [0.15, 0.2) is 8.32 Å². The van der Waals surface area contributed by atoms with Crippen molar-refractivity contribution in [3.05, 3.63) is 54.1 Å². The largest absolute Gasteiger partial charge is 0.508 e. The molecule has 2 atom stereocenters. The van der Waals surface area contributed by atoms with Gasteiger partial charge in [-0.1, -0.05) is 39.0 Å². The normalized spacial score (nSPS) is 16.7. The molecule has 2 aromatic rings. The Balaban J connectivity index is 1.70. The summed E-state index contributed by atoms with van der Waals surface area (Å²) in [5.74, 6) is 1.72. The highest BCUT2D eigenvalue weighted by Crippen LogP contribution is 2.38. The standard InChI is InChI=1S/C30H45NO6Si/c1-29(2,3)31(28(33)35-20-25-16-14-22-18-23(32)15-17-27(22)36-25)19-26(37-38(7,8)30(4,5)6)21-34-24-12-10-9-11-13-24/h9-13,15,17-18,25-26,32H,14,16,19-21H2,1-8H3/t25-,26+/m1/s1. The number of fused-ring (bicyclic) bond motifs is 1. The number of para-hydroxylation sites is 1. The molecule has 2 aromatic carbocycles. The SMILES string of the molecule is CC(C)(C)N(C[C@@H](COc1ccccc1)O[Si](C)(C)C(C)(C)C)C(=O)OC[C@H]1CCc2cc(O)ccc2O1. The lowest BCUT2D eigenvalue weighted by molar-refractivity contribution is 0.00962. The number of carbonyl (C=O) groups excluding carboxylic acids is 1. The predicted molar refractivity (Wildman–Crippen MR) is 153 cm³/mol. The third-order valence-electron chi connectivity index (χ3n) is 7.33. The topological polar surface area (TPSA) is 77.5 Å². The highest BCUT2D eigenvalue weighted by molar-refractivity contribution is 6.74. The molecular formula is C30H45NO6Si. The number of phenolic OH excluding ortho intramolecular Hbond substituents is 1. The molecule has 210 valence electrons. The summed E-state index contributed by atoms with van der Waals surface area (Å²) in [5.41, 5.74) is 0.476. The first kappa shape index (κ1) is 29.8. The van der Waals surface area contributed by atoms with E-state index in [2.05, 4.69) is 33.9 Å². The Kier molecular flexibility index (Phi) is 9.42. The van der Waals surface area contributed by atoms with Gasteiger partial charge in [-0.25, -0.2) is 4.79 Å². The Bertz CT molecular complexity index is 1060. The smallest absolute Gasteiger partial charge is 0.410 e. The minimum atomic E-state index is -2.15. The van der Waals surface area contributed by atoms with Crippen LogP contribution in [0.25, 0.3) is 0 Å². The molecule has 0 aromatic heterocycles. The summed E-state index contributed by atoms with van der Waals surface area (Å²) < 4.78 is 24.7. The third-order valence-corrected chi connectivity index (χ3v) is 11.9. The molecule has 1 amide bonds. The number of benzene rings is 2. The maximum absolute atomic E-state index is 13.4. The molecule has 0 aliphatic carbocycles. The lowest BCUT2D eigenvalue weighted by Gasteiger charge is -2.42. The van der Waals surface area contributed by atoms with Crippen molar-refractivity contribution >= 4 is 14.4 Å². The van der Waals surface area contributed by atoms with Crippen molar-refractivity contribution in [3.8, 4) is 17.2 Å². The Hall–Kier alpha value is -2.71. The van der Waals surface area contributed by atoms with Crippen molar-refractivity contribution in [2.45, 2.75) is 90.3 Å². The molecule has 0 spiro atoms. The Morgan fingerprint density at radius 2 is 1.79 bits per heavy atom. The van der Waals surface area contributed by atoms with Gasteiger partial charge in [-0.05, 0) is 87.6 Å². The van der Waals surface area contributed by atoms with Crippen LogP contribution in [0.2, 0.25) is 18.1 Å². The molecule has 0 saturated carbocycles. The van der Waals surface area contributed by atoms with E-state index in [0.29, 0.717) is 19.6 Å². The number of hydrogen-bond donors (Lipinski definition) is 1. The zero-order valence-electron chi connectivity index (χ0n) is 24.2. The molecule has 7 nitrogen and oxygen atoms in total. The summed E-state index contributed by atoms with van der Waals surface area (Å²) in [4.78, 5) is 15.2. The second kappa shape index (κ2) is 12.0. The fourth-order valence-corrected chi connectivity index (χ4v) is 5.37. The summed E-state index contributed by atoms with van der Waals surface area (Å²) >= 11 is 0. The number of hydrogen-bond acceptors (Lipinski definition) is 6. The molecule has 1 N–H and O–H groups in total. The number of aryl methyl sites for hydroxylation is 1. The molecule has 0 saturated heterocycles. The Labute approximate surface area is 229 Å². The van der Waals surface area contributed by atoms with Gasteiger partial charge in [-0.15, -0.1) is 0 Å². The first-order chi connectivity index (χ1) is 17.7. The second-order valence-corrected chi connectivity index (χ2v) is 17.3. The summed E-state index contributed by atoms with van der Waals surface area (Å²) in [6.45, 7) is 17.8. The van der Waals surface area contributed by atoms with Crippen LogP contribution in [0.15, 0.2) is 48.5 Å². The number of carbonyl (C=O) groups is 1. The van der Waals surface area contributed by atoms with Gasteiger partial charge in [0.1, 0.15) is 36.6 Å². The predicted octanol–water partition coefficient (Wildman–Crippen LogP) is 6.79. The zero-order chi connectivity index (χ0) is 28.1. The van der Waals surface area contributed by atoms with E-state index >= 15 is 0 Å². The maximum atomic E-state index is 13.4. The molecule has 0 radical (unpaired) electrons. The Morgan fingerprint density at radius 3 is 2.42 bits per heavy atom. The first-order valence-electron chi connectivity index (χ1n) is 13.4. The van der Waals surface area contributed by atoms with Crippen LogP contribution < -0.4 is 9.47 Å². The Morgan fingerprint density at radius 1 is 1.11 bits per heavy atom. The summed E-state index contributed by atoms with van der Waals surface area (Å²) in [5, 5.41) is 9.72. The van der Waals surface area contributed by atoms with Gasteiger partial charge in [0.25, 0.3) is 0 Å².